The van der Waals surface area contributed by atoms with Crippen LogP contribution in [-0.2, 0) is 6.18 Å². The number of nitrogens with one attached hydrogen (secondary N) is 1. The molecule has 0 atom stereocenters. The number of anilines is 2. The Hall–Kier alpha value is -2.88. The Kier molecular flexibility index (Phi) is 6.47. The zero-order valence-electron chi connectivity index (χ0n) is 18.6. The third-order valence-corrected chi connectivity index (χ3v) is 7.05. The first kappa shape index (κ1) is 23.3. The largest absolute Gasteiger partial charge is 0.494 e. The molecule has 1 aliphatic heterocycles. The molecule has 0 bridgehead atoms. The highest BCUT2D eigenvalue weighted by atomic mass is 32.1. The molecule has 0 aliphatic carbocycles. The molecule has 6 nitrogen and oxygen atoms in total. The number of pyridine rings is 1. The minimum absolute atomic E-state index is 0.329. The normalized spacial score (nSPS) is 15.3. The van der Waals surface area contributed by atoms with E-state index >= 15 is 0 Å². The number of benzene rings is 1. The predicted molar refractivity (Wildman–Crippen MR) is 123 cm³/mol. The summed E-state index contributed by atoms with van der Waals surface area (Å²) in [6.07, 6.45) is -2.38. The minimum Gasteiger partial charge on any atom is -0.494 e. The van der Waals surface area contributed by atoms with Gasteiger partial charge < -0.3 is 15.0 Å². The lowest BCUT2D eigenvalue weighted by Gasteiger charge is -2.33. The Labute approximate surface area is 193 Å². The molecule has 3 aromatic rings. The number of hydrogen-bond acceptors (Lipinski definition) is 6. The molecule has 0 radical (unpaired) electrons. The molecular formula is C23H25F3N4O2S. The number of thiazole rings is 1. The van der Waals surface area contributed by atoms with Crippen molar-refractivity contribution in [2.75, 3.05) is 30.4 Å². The lowest BCUT2D eigenvalue weighted by Crippen LogP contribution is -2.35. The highest BCUT2D eigenvalue weighted by molar-refractivity contribution is 7.22. The number of fused-ring (bicyclic) bond motifs is 1. The summed E-state index contributed by atoms with van der Waals surface area (Å²) in [4.78, 5) is 23.1. The van der Waals surface area contributed by atoms with Crippen LogP contribution in [0.3, 0.4) is 0 Å². The maximum absolute atomic E-state index is 12.9. The summed E-state index contributed by atoms with van der Waals surface area (Å²) in [5.74, 6) is 1.02. The third kappa shape index (κ3) is 5.05. The second kappa shape index (κ2) is 9.17. The first-order valence-corrected chi connectivity index (χ1v) is 11.6. The highest BCUT2D eigenvalue weighted by Crippen LogP contribution is 2.38. The van der Waals surface area contributed by atoms with Gasteiger partial charge in [0.25, 0.3) is 5.91 Å². The van der Waals surface area contributed by atoms with Crippen molar-refractivity contribution in [3.05, 3.63) is 41.7 Å². The fourth-order valence-corrected chi connectivity index (χ4v) is 5.05. The van der Waals surface area contributed by atoms with Gasteiger partial charge in [-0.05, 0) is 42.9 Å². The molecule has 2 aromatic heterocycles. The van der Waals surface area contributed by atoms with Crippen molar-refractivity contribution in [3.8, 4) is 5.75 Å². The number of rotatable bonds is 5. The van der Waals surface area contributed by atoms with E-state index in [2.05, 4.69) is 29.0 Å². The van der Waals surface area contributed by atoms with Crippen LogP contribution < -0.4 is 15.0 Å². The average molecular weight is 479 g/mol. The van der Waals surface area contributed by atoms with E-state index in [-0.39, 0.29) is 5.69 Å². The van der Waals surface area contributed by atoms with Gasteiger partial charge in [0.15, 0.2) is 5.13 Å². The summed E-state index contributed by atoms with van der Waals surface area (Å²) in [7, 11) is 1.46. The van der Waals surface area contributed by atoms with Crippen LogP contribution in [0.1, 0.15) is 42.9 Å². The van der Waals surface area contributed by atoms with Crippen molar-refractivity contribution in [1.29, 1.82) is 0 Å². The van der Waals surface area contributed by atoms with Gasteiger partial charge in [-0.3, -0.25) is 4.79 Å². The van der Waals surface area contributed by atoms with Crippen molar-refractivity contribution >= 4 is 38.3 Å². The summed E-state index contributed by atoms with van der Waals surface area (Å²) in [5, 5.41) is 3.54. The molecule has 0 unspecified atom stereocenters. The molecule has 1 aromatic carbocycles. The number of aromatic nitrogens is 2. The van der Waals surface area contributed by atoms with Gasteiger partial charge in [-0.15, -0.1) is 0 Å². The number of hydrogen-bond donors (Lipinski definition) is 1. The first-order valence-electron chi connectivity index (χ1n) is 10.7. The van der Waals surface area contributed by atoms with Crippen LogP contribution in [0.4, 0.5) is 24.0 Å². The van der Waals surface area contributed by atoms with Gasteiger partial charge in [-0.25, -0.2) is 9.97 Å². The maximum atomic E-state index is 12.9. The molecule has 1 amide bonds. The molecule has 0 saturated carbocycles. The zero-order chi connectivity index (χ0) is 23.8. The first-order chi connectivity index (χ1) is 15.7. The number of carbonyl (C=O) groups excluding carboxylic acids is 1. The SMILES string of the molecule is COc1cc2nc(N3CCC(C(C)C)CC3)sc2cc1NC(=O)c1cccc(C(F)(F)F)n1. The Bertz CT molecular complexity index is 1150. The fraction of sp³-hybridized carbons (Fsp3) is 0.435. The van der Waals surface area contributed by atoms with Crippen molar-refractivity contribution in [2.24, 2.45) is 11.8 Å². The summed E-state index contributed by atoms with van der Waals surface area (Å²) >= 11 is 1.52. The van der Waals surface area contributed by atoms with E-state index < -0.39 is 17.8 Å². The summed E-state index contributed by atoms with van der Waals surface area (Å²) in [6.45, 7) is 6.42. The van der Waals surface area contributed by atoms with Crippen molar-refractivity contribution in [1.82, 2.24) is 9.97 Å². The zero-order valence-corrected chi connectivity index (χ0v) is 19.4. The van der Waals surface area contributed by atoms with Crippen LogP contribution in [-0.4, -0.2) is 36.1 Å². The van der Waals surface area contributed by atoms with Crippen LogP contribution in [0.5, 0.6) is 5.75 Å². The smallest absolute Gasteiger partial charge is 0.433 e. The number of ether oxygens (including phenoxy) is 1. The molecule has 10 heteroatoms. The van der Waals surface area contributed by atoms with E-state index in [1.807, 2.05) is 0 Å². The van der Waals surface area contributed by atoms with Gasteiger partial charge in [0.1, 0.15) is 17.1 Å². The van der Waals surface area contributed by atoms with E-state index in [4.69, 9.17) is 9.72 Å². The van der Waals surface area contributed by atoms with Crippen LogP contribution in [0.25, 0.3) is 10.2 Å². The average Bonchev–Trinajstić information content (AvgIpc) is 3.21. The third-order valence-electron chi connectivity index (χ3n) is 5.97. The second-order valence-corrected chi connectivity index (χ2v) is 9.45. The quantitative estimate of drug-likeness (QED) is 0.499. The van der Waals surface area contributed by atoms with Gasteiger partial charge in [0.2, 0.25) is 0 Å². The highest BCUT2D eigenvalue weighted by Gasteiger charge is 2.33. The van der Waals surface area contributed by atoms with E-state index in [1.54, 1.807) is 12.1 Å². The molecule has 1 saturated heterocycles. The van der Waals surface area contributed by atoms with E-state index in [0.717, 1.165) is 59.3 Å². The second-order valence-electron chi connectivity index (χ2n) is 8.45. The van der Waals surface area contributed by atoms with E-state index in [0.29, 0.717) is 17.4 Å². The van der Waals surface area contributed by atoms with Gasteiger partial charge in [0.05, 0.1) is 23.0 Å². The van der Waals surface area contributed by atoms with E-state index in [9.17, 15) is 18.0 Å². The van der Waals surface area contributed by atoms with Crippen molar-refractivity contribution in [3.63, 3.8) is 0 Å². The lowest BCUT2D eigenvalue weighted by atomic mass is 9.87. The van der Waals surface area contributed by atoms with Crippen LogP contribution in [0, 0.1) is 11.8 Å². The number of amides is 1. The number of methoxy groups -OCH3 is 1. The number of nitrogens with zero attached hydrogens (tertiary/aromatic N) is 3. The fourth-order valence-electron chi connectivity index (χ4n) is 4.01. The standard InChI is InChI=1S/C23H25F3N4O2S/c1-13(2)14-7-9-30(10-8-14)22-29-17-11-18(32-3)16(12-19(17)33-22)28-21(31)15-5-4-6-20(27-15)23(24,25)26/h4-6,11-14H,7-10H2,1-3H3,(H,28,31). The van der Waals surface area contributed by atoms with Gasteiger partial charge in [-0.2, -0.15) is 13.2 Å². The number of halogens is 3. The van der Waals surface area contributed by atoms with Crippen LogP contribution in [0.15, 0.2) is 30.3 Å². The molecule has 1 fully saturated rings. The molecule has 176 valence electrons. The molecule has 0 spiro atoms. The Morgan fingerprint density at radius 2 is 1.94 bits per heavy atom. The van der Waals surface area contributed by atoms with Crippen LogP contribution >= 0.6 is 11.3 Å². The lowest BCUT2D eigenvalue weighted by molar-refractivity contribution is -0.141. The Balaban J connectivity index is 1.56. The van der Waals surface area contributed by atoms with Gasteiger partial charge >= 0.3 is 6.18 Å². The molecular weight excluding hydrogens is 453 g/mol. The molecule has 4 rings (SSSR count). The maximum Gasteiger partial charge on any atom is 0.433 e. The predicted octanol–water partition coefficient (Wildman–Crippen LogP) is 5.84. The van der Waals surface area contributed by atoms with Gasteiger partial charge in [0, 0.05) is 19.2 Å². The van der Waals surface area contributed by atoms with Crippen molar-refractivity contribution < 1.29 is 22.7 Å². The molecule has 3 heterocycles. The van der Waals surface area contributed by atoms with Crippen LogP contribution in [0.2, 0.25) is 0 Å². The summed E-state index contributed by atoms with van der Waals surface area (Å²) < 4.78 is 45.1. The van der Waals surface area contributed by atoms with E-state index in [1.165, 1.54) is 24.5 Å². The minimum atomic E-state index is -4.63. The molecule has 33 heavy (non-hydrogen) atoms. The monoisotopic (exact) mass is 478 g/mol. The number of alkyl halides is 3. The topological polar surface area (TPSA) is 67.3 Å². The number of piperidine rings is 1. The van der Waals surface area contributed by atoms with Crippen molar-refractivity contribution in [2.45, 2.75) is 32.9 Å². The molecule has 1 N–H and O–H groups in total. The Morgan fingerprint density at radius 3 is 2.58 bits per heavy atom. The summed E-state index contributed by atoms with van der Waals surface area (Å²) in [6, 6.07) is 6.68. The molecule has 1 aliphatic rings. The van der Waals surface area contributed by atoms with Gasteiger partial charge in [-0.1, -0.05) is 31.3 Å². The summed E-state index contributed by atoms with van der Waals surface area (Å²) in [5.41, 5.74) is -0.355. The number of carbonyl (C=O) groups is 1. The Morgan fingerprint density at radius 1 is 1.21 bits per heavy atom.